The molecule has 14 heavy (non-hydrogen) atoms. The van der Waals surface area contributed by atoms with Crippen LogP contribution in [0.5, 0.6) is 0 Å². The molecular weight excluding hydrogens is 193 g/mol. The highest BCUT2D eigenvalue weighted by Gasteiger charge is 2.36. The Hall–Kier alpha value is -1.58. The summed E-state index contributed by atoms with van der Waals surface area (Å²) >= 11 is 0. The maximum atomic E-state index is 12.1. The third-order valence-corrected chi connectivity index (χ3v) is 1.65. The van der Waals surface area contributed by atoms with Crippen molar-refractivity contribution in [2.45, 2.75) is 6.18 Å². The molecule has 0 atom stereocenters. The summed E-state index contributed by atoms with van der Waals surface area (Å²) in [5, 5.41) is 0. The lowest BCUT2D eigenvalue weighted by atomic mass is 10.0. The Balaban J connectivity index is 2.93. The van der Waals surface area contributed by atoms with E-state index in [0.717, 1.165) is 0 Å². The van der Waals surface area contributed by atoms with Gasteiger partial charge in [0.15, 0.2) is 5.78 Å². The van der Waals surface area contributed by atoms with Gasteiger partial charge in [0.1, 0.15) is 0 Å². The Kier molecular flexibility index (Phi) is 2.74. The van der Waals surface area contributed by atoms with E-state index in [2.05, 4.69) is 6.58 Å². The first-order valence-electron chi connectivity index (χ1n) is 3.79. The van der Waals surface area contributed by atoms with E-state index in [1.54, 1.807) is 6.07 Å². The number of carbonyl (C=O) groups is 1. The van der Waals surface area contributed by atoms with E-state index in [4.69, 9.17) is 0 Å². The first-order chi connectivity index (χ1) is 6.43. The predicted molar refractivity (Wildman–Crippen MR) is 46.0 cm³/mol. The molecule has 0 aliphatic carbocycles. The van der Waals surface area contributed by atoms with E-state index in [0.29, 0.717) is 0 Å². The standard InChI is InChI=1S/C10H7F3O/c1-7(10(11,12)13)9(14)8-5-3-2-4-6-8/h2-6H,1H2. The minimum Gasteiger partial charge on any atom is -0.289 e. The zero-order chi connectivity index (χ0) is 10.8. The molecule has 0 saturated carbocycles. The molecule has 0 amide bonds. The number of ketones is 1. The molecule has 1 rings (SSSR count). The smallest absolute Gasteiger partial charge is 0.289 e. The molecule has 0 spiro atoms. The summed E-state index contributed by atoms with van der Waals surface area (Å²) in [5.74, 6) is -1.09. The van der Waals surface area contributed by atoms with Gasteiger partial charge < -0.3 is 0 Å². The van der Waals surface area contributed by atoms with Gasteiger partial charge in [0.2, 0.25) is 0 Å². The van der Waals surface area contributed by atoms with E-state index in [1.165, 1.54) is 24.3 Å². The van der Waals surface area contributed by atoms with Crippen molar-refractivity contribution in [2.75, 3.05) is 0 Å². The van der Waals surface area contributed by atoms with Crippen molar-refractivity contribution < 1.29 is 18.0 Å². The number of carbonyl (C=O) groups excluding carboxylic acids is 1. The Morgan fingerprint density at radius 3 is 2.07 bits per heavy atom. The molecule has 0 N–H and O–H groups in total. The van der Waals surface area contributed by atoms with Crippen LogP contribution in [0.4, 0.5) is 13.2 Å². The van der Waals surface area contributed by atoms with Crippen LogP contribution in [0.25, 0.3) is 0 Å². The number of alkyl halides is 3. The second-order valence-electron chi connectivity index (χ2n) is 2.67. The molecule has 1 nitrogen and oxygen atoms in total. The molecule has 0 aliphatic heterocycles. The Morgan fingerprint density at radius 2 is 1.64 bits per heavy atom. The number of rotatable bonds is 2. The highest BCUT2D eigenvalue weighted by molar-refractivity contribution is 6.09. The zero-order valence-electron chi connectivity index (χ0n) is 7.14. The zero-order valence-corrected chi connectivity index (χ0v) is 7.14. The topological polar surface area (TPSA) is 17.1 Å². The number of benzene rings is 1. The quantitative estimate of drug-likeness (QED) is 0.529. The van der Waals surface area contributed by atoms with Crippen LogP contribution in [-0.2, 0) is 0 Å². The highest BCUT2D eigenvalue weighted by atomic mass is 19.4. The minimum absolute atomic E-state index is 0.00479. The Morgan fingerprint density at radius 1 is 1.14 bits per heavy atom. The number of halogens is 3. The van der Waals surface area contributed by atoms with Crippen LogP contribution in [0, 0.1) is 0 Å². The molecule has 0 saturated heterocycles. The lowest BCUT2D eigenvalue weighted by Gasteiger charge is -2.08. The van der Waals surface area contributed by atoms with Crippen LogP contribution in [0.3, 0.4) is 0 Å². The van der Waals surface area contributed by atoms with Gasteiger partial charge in [-0.05, 0) is 0 Å². The number of hydrogen-bond donors (Lipinski definition) is 0. The van der Waals surface area contributed by atoms with Crippen LogP contribution in [0.15, 0.2) is 42.5 Å². The normalized spacial score (nSPS) is 11.1. The molecule has 0 fully saturated rings. The average molecular weight is 200 g/mol. The number of Topliss-reactive ketones (excluding diaryl/α,β-unsaturated/α-hetero) is 1. The van der Waals surface area contributed by atoms with E-state index < -0.39 is 17.5 Å². The van der Waals surface area contributed by atoms with Gasteiger partial charge in [-0.25, -0.2) is 0 Å². The van der Waals surface area contributed by atoms with Gasteiger partial charge in [-0.1, -0.05) is 36.9 Å². The van der Waals surface area contributed by atoms with Crippen molar-refractivity contribution in [1.29, 1.82) is 0 Å². The fourth-order valence-corrected chi connectivity index (χ4v) is 0.892. The summed E-state index contributed by atoms with van der Waals surface area (Å²) in [6, 6.07) is 7.25. The number of hydrogen-bond acceptors (Lipinski definition) is 1. The van der Waals surface area contributed by atoms with Crippen molar-refractivity contribution in [3.8, 4) is 0 Å². The Bertz CT molecular complexity index is 351. The van der Waals surface area contributed by atoms with Crippen LogP contribution in [-0.4, -0.2) is 12.0 Å². The lowest BCUT2D eigenvalue weighted by molar-refractivity contribution is -0.0883. The van der Waals surface area contributed by atoms with Gasteiger partial charge in [-0.3, -0.25) is 4.79 Å². The lowest BCUT2D eigenvalue weighted by Crippen LogP contribution is -2.19. The second kappa shape index (κ2) is 3.65. The SMILES string of the molecule is C=C(C(=O)c1ccccc1)C(F)(F)F. The van der Waals surface area contributed by atoms with Gasteiger partial charge in [-0.2, -0.15) is 13.2 Å². The summed E-state index contributed by atoms with van der Waals surface area (Å²) in [6.07, 6.45) is -4.66. The van der Waals surface area contributed by atoms with Crippen molar-refractivity contribution >= 4 is 5.78 Å². The molecular formula is C10H7F3O. The fraction of sp³-hybridized carbons (Fsp3) is 0.100. The van der Waals surface area contributed by atoms with E-state index in [1.807, 2.05) is 0 Å². The molecule has 0 aromatic heterocycles. The van der Waals surface area contributed by atoms with Gasteiger partial charge in [0, 0.05) is 5.56 Å². The molecule has 0 heterocycles. The molecule has 0 aliphatic rings. The Labute approximate surface area is 78.9 Å². The van der Waals surface area contributed by atoms with Crippen LogP contribution >= 0.6 is 0 Å². The van der Waals surface area contributed by atoms with Gasteiger partial charge in [0.05, 0.1) is 5.57 Å². The summed E-state index contributed by atoms with van der Waals surface area (Å²) in [4.78, 5) is 11.2. The van der Waals surface area contributed by atoms with Crippen LogP contribution < -0.4 is 0 Å². The maximum absolute atomic E-state index is 12.1. The van der Waals surface area contributed by atoms with E-state index >= 15 is 0 Å². The number of allylic oxidation sites excluding steroid dienone is 1. The van der Waals surface area contributed by atoms with E-state index in [9.17, 15) is 18.0 Å². The third-order valence-electron chi connectivity index (χ3n) is 1.65. The third kappa shape index (κ3) is 2.22. The first-order valence-corrected chi connectivity index (χ1v) is 3.79. The van der Waals surface area contributed by atoms with Gasteiger partial charge in [-0.15, -0.1) is 0 Å². The highest BCUT2D eigenvalue weighted by Crippen LogP contribution is 2.26. The van der Waals surface area contributed by atoms with Crippen molar-refractivity contribution in [3.63, 3.8) is 0 Å². The molecule has 1 aromatic rings. The second-order valence-corrected chi connectivity index (χ2v) is 2.67. The van der Waals surface area contributed by atoms with Crippen LogP contribution in [0.1, 0.15) is 10.4 Å². The van der Waals surface area contributed by atoms with Gasteiger partial charge >= 0.3 is 6.18 Å². The summed E-state index contributed by atoms with van der Waals surface area (Å²) in [5.41, 5.74) is -1.35. The van der Waals surface area contributed by atoms with Gasteiger partial charge in [0.25, 0.3) is 0 Å². The maximum Gasteiger partial charge on any atom is 0.419 e. The summed E-state index contributed by atoms with van der Waals surface area (Å²) in [7, 11) is 0. The monoisotopic (exact) mass is 200 g/mol. The van der Waals surface area contributed by atoms with Crippen molar-refractivity contribution in [2.24, 2.45) is 0 Å². The first kappa shape index (κ1) is 10.5. The summed E-state index contributed by atoms with van der Waals surface area (Å²) < 4.78 is 36.2. The largest absolute Gasteiger partial charge is 0.419 e. The van der Waals surface area contributed by atoms with Crippen molar-refractivity contribution in [3.05, 3.63) is 48.0 Å². The molecule has 0 unspecified atom stereocenters. The summed E-state index contributed by atoms with van der Waals surface area (Å²) in [6.45, 7) is 2.73. The molecule has 0 radical (unpaired) electrons. The van der Waals surface area contributed by atoms with Crippen molar-refractivity contribution in [1.82, 2.24) is 0 Å². The molecule has 74 valence electrons. The van der Waals surface area contributed by atoms with E-state index in [-0.39, 0.29) is 5.56 Å². The molecule has 4 heteroatoms. The minimum atomic E-state index is -4.66. The molecule has 0 bridgehead atoms. The predicted octanol–water partition coefficient (Wildman–Crippen LogP) is 2.99. The van der Waals surface area contributed by atoms with Crippen LogP contribution in [0.2, 0.25) is 0 Å². The average Bonchev–Trinajstić information content (AvgIpc) is 2.15. The molecule has 1 aromatic carbocycles. The fourth-order valence-electron chi connectivity index (χ4n) is 0.892.